The first-order chi connectivity index (χ1) is 9.16. The number of benzene rings is 1. The molecule has 0 unspecified atom stereocenters. The van der Waals surface area contributed by atoms with E-state index in [0.29, 0.717) is 24.2 Å². The van der Waals surface area contributed by atoms with Crippen LogP contribution in [0.1, 0.15) is 31.2 Å². The molecule has 0 aliphatic heterocycles. The Hall–Kier alpha value is -1.87. The lowest BCUT2D eigenvalue weighted by Crippen LogP contribution is -2.21. The normalized spacial score (nSPS) is 16.8. The van der Waals surface area contributed by atoms with Crippen molar-refractivity contribution in [2.24, 2.45) is 4.99 Å². The molecule has 4 nitrogen and oxygen atoms in total. The number of ether oxygens (including phenoxy) is 2. The van der Waals surface area contributed by atoms with Gasteiger partial charge in [-0.3, -0.25) is 0 Å². The van der Waals surface area contributed by atoms with Crippen molar-refractivity contribution in [2.75, 3.05) is 14.2 Å². The Morgan fingerprint density at radius 1 is 1.26 bits per heavy atom. The summed E-state index contributed by atoms with van der Waals surface area (Å²) >= 11 is 0. The van der Waals surface area contributed by atoms with Gasteiger partial charge in [0.2, 0.25) is 6.08 Å². The van der Waals surface area contributed by atoms with Crippen LogP contribution in [-0.2, 0) is 10.3 Å². The summed E-state index contributed by atoms with van der Waals surface area (Å²) in [5.41, 5.74) is -0.474. The number of rotatable bonds is 4. The highest BCUT2D eigenvalue weighted by Gasteiger charge is 2.39. The summed E-state index contributed by atoms with van der Waals surface area (Å²) < 4.78 is 24.6. The number of isocyanates is 1. The van der Waals surface area contributed by atoms with Gasteiger partial charge in [0.15, 0.2) is 11.6 Å². The molecule has 19 heavy (non-hydrogen) atoms. The van der Waals surface area contributed by atoms with Crippen LogP contribution in [-0.4, -0.2) is 20.3 Å². The topological polar surface area (TPSA) is 47.9 Å². The predicted octanol–water partition coefficient (Wildman–Crippen LogP) is 2.95. The minimum atomic E-state index is -0.826. The molecule has 0 N–H and O–H groups in total. The van der Waals surface area contributed by atoms with E-state index in [9.17, 15) is 9.18 Å². The standard InChI is InChI=1S/C14H16FNO3/c1-18-10-7-11(13(15)12(8-10)19-2)14(16-9-17)5-3-4-6-14/h7-8H,3-6H2,1-2H3. The lowest BCUT2D eigenvalue weighted by Gasteiger charge is -2.24. The third kappa shape index (κ3) is 2.34. The molecule has 1 aliphatic carbocycles. The maximum atomic E-state index is 14.4. The number of halogens is 1. The fraction of sp³-hybridized carbons (Fsp3) is 0.500. The van der Waals surface area contributed by atoms with Crippen LogP contribution < -0.4 is 9.47 Å². The van der Waals surface area contributed by atoms with Gasteiger partial charge in [0.25, 0.3) is 0 Å². The lowest BCUT2D eigenvalue weighted by atomic mass is 9.88. The van der Waals surface area contributed by atoms with Crippen LogP contribution in [0.4, 0.5) is 4.39 Å². The summed E-state index contributed by atoms with van der Waals surface area (Å²) in [6.45, 7) is 0. The zero-order chi connectivity index (χ0) is 13.9. The molecule has 1 saturated carbocycles. The molecule has 0 atom stereocenters. The molecule has 1 fully saturated rings. The second-order valence-corrected chi connectivity index (χ2v) is 4.63. The molecule has 1 aromatic carbocycles. The monoisotopic (exact) mass is 265 g/mol. The fourth-order valence-corrected chi connectivity index (χ4v) is 2.67. The molecule has 0 aromatic heterocycles. The van der Waals surface area contributed by atoms with Crippen LogP contribution in [0.5, 0.6) is 11.5 Å². The molecular weight excluding hydrogens is 249 g/mol. The van der Waals surface area contributed by atoms with Gasteiger partial charge in [0, 0.05) is 11.6 Å². The minimum Gasteiger partial charge on any atom is -0.497 e. The summed E-state index contributed by atoms with van der Waals surface area (Å²) in [6.07, 6.45) is 4.66. The van der Waals surface area contributed by atoms with Crippen molar-refractivity contribution in [1.82, 2.24) is 0 Å². The van der Waals surface area contributed by atoms with Crippen LogP contribution in [0, 0.1) is 5.82 Å². The Bertz CT molecular complexity index is 518. The summed E-state index contributed by atoms with van der Waals surface area (Å²) in [7, 11) is 2.90. The second kappa shape index (κ2) is 5.41. The molecule has 0 heterocycles. The van der Waals surface area contributed by atoms with E-state index in [1.807, 2.05) is 0 Å². The van der Waals surface area contributed by atoms with E-state index in [4.69, 9.17) is 9.47 Å². The number of aliphatic imine (C=N–C) groups is 1. The van der Waals surface area contributed by atoms with E-state index < -0.39 is 11.4 Å². The van der Waals surface area contributed by atoms with Crippen LogP contribution in [0.15, 0.2) is 17.1 Å². The Balaban J connectivity index is 2.62. The lowest BCUT2D eigenvalue weighted by molar-refractivity contribution is 0.356. The maximum absolute atomic E-state index is 14.4. The smallest absolute Gasteiger partial charge is 0.235 e. The molecule has 1 aromatic rings. The van der Waals surface area contributed by atoms with Gasteiger partial charge in [0.1, 0.15) is 11.3 Å². The Morgan fingerprint density at radius 3 is 2.47 bits per heavy atom. The van der Waals surface area contributed by atoms with Crippen molar-refractivity contribution in [3.8, 4) is 11.5 Å². The van der Waals surface area contributed by atoms with Gasteiger partial charge in [-0.1, -0.05) is 12.8 Å². The third-order valence-electron chi connectivity index (χ3n) is 3.66. The van der Waals surface area contributed by atoms with Gasteiger partial charge in [-0.05, 0) is 18.9 Å². The zero-order valence-electron chi connectivity index (χ0n) is 11.0. The minimum absolute atomic E-state index is 0.0988. The van der Waals surface area contributed by atoms with E-state index in [2.05, 4.69) is 4.99 Å². The maximum Gasteiger partial charge on any atom is 0.235 e. The van der Waals surface area contributed by atoms with E-state index in [0.717, 1.165) is 12.8 Å². The molecule has 0 saturated heterocycles. The van der Waals surface area contributed by atoms with Crippen molar-refractivity contribution < 1.29 is 18.7 Å². The van der Waals surface area contributed by atoms with Crippen molar-refractivity contribution in [3.63, 3.8) is 0 Å². The van der Waals surface area contributed by atoms with Crippen LogP contribution in [0.3, 0.4) is 0 Å². The zero-order valence-corrected chi connectivity index (χ0v) is 11.0. The molecular formula is C14H16FNO3. The largest absolute Gasteiger partial charge is 0.497 e. The Kier molecular flexibility index (Phi) is 3.86. The molecule has 102 valence electrons. The van der Waals surface area contributed by atoms with Crippen LogP contribution in [0.2, 0.25) is 0 Å². The highest BCUT2D eigenvalue weighted by Crippen LogP contribution is 2.45. The van der Waals surface area contributed by atoms with Crippen molar-refractivity contribution in [1.29, 1.82) is 0 Å². The number of nitrogens with zero attached hydrogens (tertiary/aromatic N) is 1. The van der Waals surface area contributed by atoms with Gasteiger partial charge < -0.3 is 9.47 Å². The third-order valence-corrected chi connectivity index (χ3v) is 3.66. The van der Waals surface area contributed by atoms with Crippen LogP contribution in [0.25, 0.3) is 0 Å². The van der Waals surface area contributed by atoms with Gasteiger partial charge >= 0.3 is 0 Å². The van der Waals surface area contributed by atoms with E-state index in [1.165, 1.54) is 20.3 Å². The predicted molar refractivity (Wildman–Crippen MR) is 67.8 cm³/mol. The number of carbonyl (C=O) groups excluding carboxylic acids is 1. The average molecular weight is 265 g/mol. The van der Waals surface area contributed by atoms with Crippen molar-refractivity contribution >= 4 is 6.08 Å². The molecule has 1 aliphatic rings. The number of hydrogen-bond acceptors (Lipinski definition) is 4. The first kappa shape index (κ1) is 13.6. The fourth-order valence-electron chi connectivity index (χ4n) is 2.67. The Labute approximate surface area is 111 Å². The van der Waals surface area contributed by atoms with Crippen LogP contribution >= 0.6 is 0 Å². The summed E-state index contributed by atoms with van der Waals surface area (Å²) in [4.78, 5) is 14.6. The van der Waals surface area contributed by atoms with Gasteiger partial charge in [-0.15, -0.1) is 0 Å². The highest BCUT2D eigenvalue weighted by atomic mass is 19.1. The Morgan fingerprint density at radius 2 is 1.95 bits per heavy atom. The summed E-state index contributed by atoms with van der Waals surface area (Å²) in [6, 6.07) is 3.07. The molecule has 2 rings (SSSR count). The number of methoxy groups -OCH3 is 2. The SMILES string of the molecule is COc1cc(OC)c(F)c(C2(N=C=O)CCCC2)c1. The second-order valence-electron chi connectivity index (χ2n) is 4.63. The summed E-state index contributed by atoms with van der Waals surface area (Å²) in [5, 5.41) is 0. The molecule has 0 spiro atoms. The van der Waals surface area contributed by atoms with E-state index in [-0.39, 0.29) is 5.75 Å². The number of hydrogen-bond donors (Lipinski definition) is 0. The van der Waals surface area contributed by atoms with Gasteiger partial charge in [0.05, 0.1) is 14.2 Å². The first-order valence-electron chi connectivity index (χ1n) is 6.18. The van der Waals surface area contributed by atoms with E-state index in [1.54, 1.807) is 12.1 Å². The van der Waals surface area contributed by atoms with E-state index >= 15 is 0 Å². The molecule has 0 bridgehead atoms. The van der Waals surface area contributed by atoms with Crippen molar-refractivity contribution in [2.45, 2.75) is 31.2 Å². The first-order valence-corrected chi connectivity index (χ1v) is 6.18. The van der Waals surface area contributed by atoms with Gasteiger partial charge in [-0.25, -0.2) is 9.18 Å². The van der Waals surface area contributed by atoms with Crippen molar-refractivity contribution in [3.05, 3.63) is 23.5 Å². The highest BCUT2D eigenvalue weighted by molar-refractivity contribution is 5.46. The summed E-state index contributed by atoms with van der Waals surface area (Å²) in [5.74, 6) is 0.103. The molecule has 0 radical (unpaired) electrons. The quantitative estimate of drug-likeness (QED) is 0.621. The average Bonchev–Trinajstić information content (AvgIpc) is 2.89. The molecule has 0 amide bonds. The van der Waals surface area contributed by atoms with Gasteiger partial charge in [-0.2, -0.15) is 4.99 Å². The molecule has 5 heteroatoms.